The summed E-state index contributed by atoms with van der Waals surface area (Å²) in [5, 5.41) is 2.91. The van der Waals surface area contributed by atoms with Gasteiger partial charge in [-0.25, -0.2) is 4.39 Å². The van der Waals surface area contributed by atoms with Crippen molar-refractivity contribution in [1.29, 1.82) is 0 Å². The van der Waals surface area contributed by atoms with Crippen molar-refractivity contribution in [3.8, 4) is 0 Å². The van der Waals surface area contributed by atoms with E-state index in [0.29, 0.717) is 18.9 Å². The van der Waals surface area contributed by atoms with Crippen molar-refractivity contribution in [3.05, 3.63) is 30.1 Å². The van der Waals surface area contributed by atoms with Crippen LogP contribution in [0, 0.1) is 11.7 Å². The second-order valence-electron chi connectivity index (χ2n) is 4.45. The van der Waals surface area contributed by atoms with Gasteiger partial charge in [-0.05, 0) is 30.9 Å². The molecule has 18 heavy (non-hydrogen) atoms. The zero-order valence-corrected chi connectivity index (χ0v) is 10.1. The number of carbonyl (C=O) groups excluding carboxylic acids is 1. The molecule has 1 aliphatic rings. The Morgan fingerprint density at radius 2 is 2.06 bits per heavy atom. The number of rotatable bonds is 4. The van der Waals surface area contributed by atoms with Gasteiger partial charge in [0.25, 0.3) is 0 Å². The third-order valence-corrected chi connectivity index (χ3v) is 3.23. The lowest BCUT2D eigenvalue weighted by Gasteiger charge is -2.29. The number of para-hydroxylation sites is 1. The molecule has 98 valence electrons. The van der Waals surface area contributed by atoms with E-state index in [1.807, 2.05) is 0 Å². The fourth-order valence-corrected chi connectivity index (χ4v) is 2.22. The van der Waals surface area contributed by atoms with E-state index >= 15 is 0 Å². The average molecular weight is 252 g/mol. The second kappa shape index (κ2) is 5.82. The zero-order valence-electron chi connectivity index (χ0n) is 10.1. The van der Waals surface area contributed by atoms with Crippen LogP contribution >= 0.6 is 0 Å². The molecule has 0 aliphatic carbocycles. The number of ether oxygens (including phenoxy) is 1. The highest BCUT2D eigenvalue weighted by Crippen LogP contribution is 2.23. The summed E-state index contributed by atoms with van der Waals surface area (Å²) in [6.45, 7) is 1.24. The monoisotopic (exact) mass is 252 g/mol. The van der Waals surface area contributed by atoms with Crippen molar-refractivity contribution in [2.24, 2.45) is 11.7 Å². The van der Waals surface area contributed by atoms with Crippen molar-refractivity contribution in [1.82, 2.24) is 0 Å². The molecular formula is C13H17FN2O2. The standard InChI is InChI=1S/C13H17FN2O2/c14-10-3-1-2-4-11(10)16-12(13(15)17)9-5-7-18-8-6-9/h1-4,9,12,16H,5-8H2,(H2,15,17). The number of hydrogen-bond donors (Lipinski definition) is 2. The maximum atomic E-state index is 13.5. The number of carbonyl (C=O) groups is 1. The first-order valence-corrected chi connectivity index (χ1v) is 6.06. The van der Waals surface area contributed by atoms with Gasteiger partial charge in [0, 0.05) is 13.2 Å². The minimum atomic E-state index is -0.550. The van der Waals surface area contributed by atoms with Crippen LogP contribution in [-0.4, -0.2) is 25.2 Å². The molecule has 0 bridgehead atoms. The summed E-state index contributed by atoms with van der Waals surface area (Å²) in [7, 11) is 0. The smallest absolute Gasteiger partial charge is 0.240 e. The van der Waals surface area contributed by atoms with Gasteiger partial charge in [0.2, 0.25) is 5.91 Å². The molecule has 0 aromatic heterocycles. The molecule has 1 aromatic rings. The summed E-state index contributed by atoms with van der Waals surface area (Å²) in [6, 6.07) is 5.72. The van der Waals surface area contributed by atoms with Crippen LogP contribution in [0.5, 0.6) is 0 Å². The van der Waals surface area contributed by atoms with Crippen LogP contribution in [0.2, 0.25) is 0 Å². The first kappa shape index (κ1) is 12.8. The lowest BCUT2D eigenvalue weighted by molar-refractivity contribution is -0.120. The molecule has 1 aromatic carbocycles. The van der Waals surface area contributed by atoms with Gasteiger partial charge in [-0.3, -0.25) is 4.79 Å². The molecule has 2 rings (SSSR count). The first-order valence-electron chi connectivity index (χ1n) is 6.06. The molecule has 4 nitrogen and oxygen atoms in total. The van der Waals surface area contributed by atoms with Crippen LogP contribution in [0.3, 0.4) is 0 Å². The van der Waals surface area contributed by atoms with E-state index in [1.165, 1.54) is 6.07 Å². The van der Waals surface area contributed by atoms with Gasteiger partial charge in [-0.2, -0.15) is 0 Å². The summed E-state index contributed by atoms with van der Waals surface area (Å²) in [5.74, 6) is -0.739. The highest BCUT2D eigenvalue weighted by Gasteiger charge is 2.28. The Morgan fingerprint density at radius 1 is 1.39 bits per heavy atom. The highest BCUT2D eigenvalue weighted by atomic mass is 19.1. The third-order valence-electron chi connectivity index (χ3n) is 3.23. The Morgan fingerprint density at radius 3 is 2.67 bits per heavy atom. The fraction of sp³-hybridized carbons (Fsp3) is 0.462. The van der Waals surface area contributed by atoms with Gasteiger partial charge in [0.15, 0.2) is 0 Å². The van der Waals surface area contributed by atoms with Gasteiger partial charge >= 0.3 is 0 Å². The van der Waals surface area contributed by atoms with Crippen LogP contribution < -0.4 is 11.1 Å². The third kappa shape index (κ3) is 2.98. The van der Waals surface area contributed by atoms with Gasteiger partial charge in [0.1, 0.15) is 11.9 Å². The number of primary amides is 1. The minimum Gasteiger partial charge on any atom is -0.381 e. The molecule has 0 radical (unpaired) electrons. The SMILES string of the molecule is NC(=O)C(Nc1ccccc1F)C1CCOCC1. The van der Waals surface area contributed by atoms with Crippen molar-refractivity contribution >= 4 is 11.6 Å². The van der Waals surface area contributed by atoms with Crippen LogP contribution in [0.25, 0.3) is 0 Å². The normalized spacial score (nSPS) is 18.3. The van der Waals surface area contributed by atoms with Crippen molar-refractivity contribution in [2.75, 3.05) is 18.5 Å². The van der Waals surface area contributed by atoms with Gasteiger partial charge in [0.05, 0.1) is 5.69 Å². The number of hydrogen-bond acceptors (Lipinski definition) is 3. The molecule has 0 spiro atoms. The predicted molar refractivity (Wildman–Crippen MR) is 66.5 cm³/mol. The molecule has 1 unspecified atom stereocenters. The molecule has 1 saturated heterocycles. The number of amides is 1. The predicted octanol–water partition coefficient (Wildman–Crippen LogP) is 1.52. The Labute approximate surface area is 105 Å². The summed E-state index contributed by atoms with van der Waals surface area (Å²) < 4.78 is 18.8. The lowest BCUT2D eigenvalue weighted by Crippen LogP contribution is -2.43. The molecule has 1 aliphatic heterocycles. The molecule has 1 fully saturated rings. The van der Waals surface area contributed by atoms with Crippen LogP contribution in [0.1, 0.15) is 12.8 Å². The Balaban J connectivity index is 2.11. The molecule has 0 saturated carbocycles. The summed E-state index contributed by atoms with van der Waals surface area (Å²) in [5.41, 5.74) is 5.71. The maximum Gasteiger partial charge on any atom is 0.240 e. The fourth-order valence-electron chi connectivity index (χ4n) is 2.22. The van der Waals surface area contributed by atoms with E-state index in [1.54, 1.807) is 18.2 Å². The molecule has 1 atom stereocenters. The molecule has 3 N–H and O–H groups in total. The largest absolute Gasteiger partial charge is 0.381 e. The molecule has 1 amide bonds. The Kier molecular flexibility index (Phi) is 4.15. The van der Waals surface area contributed by atoms with Gasteiger partial charge in [-0.15, -0.1) is 0 Å². The molecule has 5 heteroatoms. The maximum absolute atomic E-state index is 13.5. The summed E-state index contributed by atoms with van der Waals surface area (Å²) >= 11 is 0. The number of benzene rings is 1. The lowest BCUT2D eigenvalue weighted by atomic mass is 9.91. The number of nitrogens with one attached hydrogen (secondary N) is 1. The molecular weight excluding hydrogens is 235 g/mol. The Bertz CT molecular complexity index is 419. The van der Waals surface area contributed by atoms with E-state index in [-0.39, 0.29) is 11.7 Å². The number of anilines is 1. The zero-order chi connectivity index (χ0) is 13.0. The number of nitrogens with two attached hydrogens (primary N) is 1. The minimum absolute atomic E-state index is 0.0934. The van der Waals surface area contributed by atoms with Crippen LogP contribution in [0.15, 0.2) is 24.3 Å². The van der Waals surface area contributed by atoms with Gasteiger partial charge in [-0.1, -0.05) is 12.1 Å². The Hall–Kier alpha value is -1.62. The molecule has 1 heterocycles. The van der Waals surface area contributed by atoms with E-state index in [4.69, 9.17) is 10.5 Å². The summed E-state index contributed by atoms with van der Waals surface area (Å²) in [4.78, 5) is 11.5. The van der Waals surface area contributed by atoms with E-state index in [9.17, 15) is 9.18 Å². The first-order chi connectivity index (χ1) is 8.68. The van der Waals surface area contributed by atoms with Crippen molar-refractivity contribution < 1.29 is 13.9 Å². The van der Waals surface area contributed by atoms with Crippen LogP contribution in [0.4, 0.5) is 10.1 Å². The van der Waals surface area contributed by atoms with E-state index in [0.717, 1.165) is 12.8 Å². The van der Waals surface area contributed by atoms with E-state index in [2.05, 4.69) is 5.32 Å². The van der Waals surface area contributed by atoms with Crippen molar-refractivity contribution in [3.63, 3.8) is 0 Å². The van der Waals surface area contributed by atoms with Gasteiger partial charge < -0.3 is 15.8 Å². The second-order valence-corrected chi connectivity index (χ2v) is 4.45. The average Bonchev–Trinajstić information content (AvgIpc) is 2.38. The number of halogens is 1. The van der Waals surface area contributed by atoms with Crippen LogP contribution in [-0.2, 0) is 9.53 Å². The highest BCUT2D eigenvalue weighted by molar-refractivity contribution is 5.83. The summed E-state index contributed by atoms with van der Waals surface area (Å²) in [6.07, 6.45) is 1.52. The quantitative estimate of drug-likeness (QED) is 0.854. The van der Waals surface area contributed by atoms with Crippen molar-refractivity contribution in [2.45, 2.75) is 18.9 Å². The topological polar surface area (TPSA) is 64.4 Å². The van der Waals surface area contributed by atoms with E-state index < -0.39 is 11.9 Å².